The molecule has 1 aromatic carbocycles. The second-order valence-electron chi connectivity index (χ2n) is 6.68. The molecule has 128 valence electrons. The largest absolute Gasteiger partial charge is 0.348 e. The van der Waals surface area contributed by atoms with Crippen LogP contribution in [0.25, 0.3) is 10.6 Å². The molecule has 3 rings (SSSR count). The molecule has 0 spiro atoms. The van der Waals surface area contributed by atoms with Gasteiger partial charge in [-0.2, -0.15) is 0 Å². The Bertz CT molecular complexity index is 688. The number of nitrogens with one attached hydrogen (secondary N) is 1. The zero-order valence-corrected chi connectivity index (χ0v) is 15.4. The van der Waals surface area contributed by atoms with Crippen molar-refractivity contribution in [2.75, 3.05) is 13.1 Å². The first-order valence-electron chi connectivity index (χ1n) is 8.62. The maximum absolute atomic E-state index is 12.6. The van der Waals surface area contributed by atoms with E-state index in [1.54, 1.807) is 0 Å². The summed E-state index contributed by atoms with van der Waals surface area (Å²) >= 11 is 1.48. The topological polar surface area (TPSA) is 45.2 Å². The minimum atomic E-state index is 0.0233. The van der Waals surface area contributed by atoms with Gasteiger partial charge in [-0.25, -0.2) is 4.98 Å². The highest BCUT2D eigenvalue weighted by molar-refractivity contribution is 7.17. The molecule has 4 nitrogen and oxygen atoms in total. The first-order valence-corrected chi connectivity index (χ1v) is 9.44. The van der Waals surface area contributed by atoms with E-state index < -0.39 is 0 Å². The Labute approximate surface area is 147 Å². The second-order valence-corrected chi connectivity index (χ2v) is 7.68. The van der Waals surface area contributed by atoms with Crippen LogP contribution in [0.4, 0.5) is 0 Å². The van der Waals surface area contributed by atoms with Crippen LogP contribution < -0.4 is 5.32 Å². The van der Waals surface area contributed by atoms with Crippen molar-refractivity contribution >= 4 is 17.2 Å². The van der Waals surface area contributed by atoms with Crippen molar-refractivity contribution in [3.05, 3.63) is 40.9 Å². The minimum Gasteiger partial charge on any atom is -0.348 e. The number of nitrogens with zero attached hydrogens (tertiary/aromatic N) is 2. The van der Waals surface area contributed by atoms with E-state index in [4.69, 9.17) is 0 Å². The second kappa shape index (κ2) is 7.45. The number of aryl methyl sites for hydroxylation is 1. The molecule has 1 aliphatic rings. The summed E-state index contributed by atoms with van der Waals surface area (Å²) in [4.78, 5) is 20.4. The van der Waals surface area contributed by atoms with Gasteiger partial charge in [0.1, 0.15) is 9.88 Å². The standard InChI is InChI=1S/C19H25N3OS/c1-13(2)22-11-9-16(10-12-22)21-18(23)17-14(3)20-19(24-17)15-7-5-4-6-8-15/h4-8,13,16H,9-12H2,1-3H3,(H,21,23). The van der Waals surface area contributed by atoms with E-state index in [-0.39, 0.29) is 11.9 Å². The summed E-state index contributed by atoms with van der Waals surface area (Å²) in [6, 6.07) is 10.9. The zero-order chi connectivity index (χ0) is 17.1. The number of likely N-dealkylation sites (tertiary alicyclic amines) is 1. The van der Waals surface area contributed by atoms with Crippen LogP contribution in [0.15, 0.2) is 30.3 Å². The van der Waals surface area contributed by atoms with E-state index in [1.807, 2.05) is 37.3 Å². The highest BCUT2D eigenvalue weighted by Crippen LogP contribution is 2.28. The number of thiazole rings is 1. The molecule has 0 bridgehead atoms. The fourth-order valence-electron chi connectivity index (χ4n) is 3.12. The van der Waals surface area contributed by atoms with E-state index in [9.17, 15) is 4.79 Å². The van der Waals surface area contributed by atoms with E-state index >= 15 is 0 Å². The van der Waals surface area contributed by atoms with Crippen molar-refractivity contribution in [3.8, 4) is 10.6 Å². The average molecular weight is 343 g/mol. The van der Waals surface area contributed by atoms with E-state index in [2.05, 4.69) is 29.0 Å². The summed E-state index contributed by atoms with van der Waals surface area (Å²) in [7, 11) is 0. The van der Waals surface area contributed by atoms with Crippen molar-refractivity contribution < 1.29 is 4.79 Å². The van der Waals surface area contributed by atoms with Crippen LogP contribution in [0.3, 0.4) is 0 Å². The molecule has 1 aliphatic heterocycles. The van der Waals surface area contributed by atoms with Crippen LogP contribution in [0, 0.1) is 6.92 Å². The number of benzene rings is 1. The quantitative estimate of drug-likeness (QED) is 0.920. The third kappa shape index (κ3) is 3.84. The molecule has 1 fully saturated rings. The number of piperidine rings is 1. The summed E-state index contributed by atoms with van der Waals surface area (Å²) in [6.07, 6.45) is 2.04. The van der Waals surface area contributed by atoms with Crippen LogP contribution in [0.1, 0.15) is 42.1 Å². The lowest BCUT2D eigenvalue weighted by molar-refractivity contribution is 0.0904. The molecule has 1 N–H and O–H groups in total. The van der Waals surface area contributed by atoms with Crippen LogP contribution in [-0.4, -0.2) is 41.0 Å². The number of rotatable bonds is 4. The van der Waals surface area contributed by atoms with Crippen molar-refractivity contribution in [1.82, 2.24) is 15.2 Å². The van der Waals surface area contributed by atoms with Gasteiger partial charge in [0.2, 0.25) is 0 Å². The summed E-state index contributed by atoms with van der Waals surface area (Å²) in [5.41, 5.74) is 1.88. The summed E-state index contributed by atoms with van der Waals surface area (Å²) in [5.74, 6) is 0.0233. The van der Waals surface area contributed by atoms with Gasteiger partial charge in [-0.1, -0.05) is 30.3 Å². The molecule has 0 aliphatic carbocycles. The maximum atomic E-state index is 12.6. The van der Waals surface area contributed by atoms with Crippen molar-refractivity contribution in [3.63, 3.8) is 0 Å². The lowest BCUT2D eigenvalue weighted by Gasteiger charge is -2.34. The number of carbonyl (C=O) groups excluding carboxylic acids is 1. The molecule has 1 aromatic heterocycles. The smallest absolute Gasteiger partial charge is 0.263 e. The molecule has 0 saturated carbocycles. The predicted molar refractivity (Wildman–Crippen MR) is 99.5 cm³/mol. The molecule has 24 heavy (non-hydrogen) atoms. The Hall–Kier alpha value is -1.72. The highest BCUT2D eigenvalue weighted by atomic mass is 32.1. The zero-order valence-electron chi connectivity index (χ0n) is 14.6. The van der Waals surface area contributed by atoms with Crippen LogP contribution >= 0.6 is 11.3 Å². The number of hydrogen-bond acceptors (Lipinski definition) is 4. The molecule has 1 saturated heterocycles. The predicted octanol–water partition coefficient (Wildman–Crippen LogP) is 3.72. The van der Waals surface area contributed by atoms with Crippen LogP contribution in [-0.2, 0) is 0 Å². The molecule has 0 radical (unpaired) electrons. The Morgan fingerprint density at radius 1 is 1.25 bits per heavy atom. The number of carbonyl (C=O) groups is 1. The molecule has 2 aromatic rings. The Morgan fingerprint density at radius 3 is 2.54 bits per heavy atom. The number of aromatic nitrogens is 1. The molecule has 1 amide bonds. The van der Waals surface area contributed by atoms with Gasteiger partial charge in [-0.3, -0.25) is 4.79 Å². The molecule has 2 heterocycles. The van der Waals surface area contributed by atoms with Crippen molar-refractivity contribution in [2.24, 2.45) is 0 Å². The summed E-state index contributed by atoms with van der Waals surface area (Å²) < 4.78 is 0. The van der Waals surface area contributed by atoms with Gasteiger partial charge < -0.3 is 10.2 Å². The van der Waals surface area contributed by atoms with Gasteiger partial charge in [0, 0.05) is 30.7 Å². The van der Waals surface area contributed by atoms with Gasteiger partial charge in [0.15, 0.2) is 0 Å². The lowest BCUT2D eigenvalue weighted by Crippen LogP contribution is -2.46. The first-order chi connectivity index (χ1) is 11.5. The number of hydrogen-bond donors (Lipinski definition) is 1. The van der Waals surface area contributed by atoms with Gasteiger partial charge >= 0.3 is 0 Å². The minimum absolute atomic E-state index is 0.0233. The first kappa shape index (κ1) is 17.1. The van der Waals surface area contributed by atoms with Gasteiger partial charge in [-0.05, 0) is 33.6 Å². The third-order valence-corrected chi connectivity index (χ3v) is 5.82. The average Bonchev–Trinajstić information content (AvgIpc) is 2.98. The SMILES string of the molecule is Cc1nc(-c2ccccc2)sc1C(=O)NC1CCN(C(C)C)CC1. The van der Waals surface area contributed by atoms with Crippen molar-refractivity contribution in [1.29, 1.82) is 0 Å². The summed E-state index contributed by atoms with van der Waals surface area (Å²) in [5, 5.41) is 4.12. The van der Waals surface area contributed by atoms with Crippen LogP contribution in [0.2, 0.25) is 0 Å². The molecular weight excluding hydrogens is 318 g/mol. The molecule has 0 unspecified atom stereocenters. The maximum Gasteiger partial charge on any atom is 0.263 e. The van der Waals surface area contributed by atoms with E-state index in [0.717, 1.165) is 47.1 Å². The Kier molecular flexibility index (Phi) is 5.31. The highest BCUT2D eigenvalue weighted by Gasteiger charge is 2.24. The van der Waals surface area contributed by atoms with E-state index in [0.29, 0.717) is 6.04 Å². The fourth-order valence-corrected chi connectivity index (χ4v) is 4.10. The summed E-state index contributed by atoms with van der Waals surface area (Å²) in [6.45, 7) is 8.48. The molecule has 5 heteroatoms. The Balaban J connectivity index is 1.65. The fraction of sp³-hybridized carbons (Fsp3) is 0.474. The third-order valence-electron chi connectivity index (χ3n) is 4.62. The Morgan fingerprint density at radius 2 is 1.92 bits per heavy atom. The van der Waals surface area contributed by atoms with Gasteiger partial charge in [0.25, 0.3) is 5.91 Å². The molecule has 0 atom stereocenters. The van der Waals surface area contributed by atoms with Gasteiger partial charge in [-0.15, -0.1) is 11.3 Å². The van der Waals surface area contributed by atoms with Crippen LogP contribution in [0.5, 0.6) is 0 Å². The monoisotopic (exact) mass is 343 g/mol. The lowest BCUT2D eigenvalue weighted by atomic mass is 10.0. The van der Waals surface area contributed by atoms with Gasteiger partial charge in [0.05, 0.1) is 5.69 Å². The van der Waals surface area contributed by atoms with Crippen molar-refractivity contribution in [2.45, 2.75) is 45.7 Å². The molecular formula is C19H25N3OS. The van der Waals surface area contributed by atoms with E-state index in [1.165, 1.54) is 11.3 Å². The normalized spacial score (nSPS) is 16.5. The number of amides is 1.